The third-order valence-corrected chi connectivity index (χ3v) is 4.77. The van der Waals surface area contributed by atoms with Gasteiger partial charge in [0, 0.05) is 43.4 Å². The number of benzene rings is 1. The van der Waals surface area contributed by atoms with E-state index in [0.29, 0.717) is 6.42 Å². The molecule has 132 valence electrons. The van der Waals surface area contributed by atoms with Gasteiger partial charge in [0.1, 0.15) is 0 Å². The smallest absolute Gasteiger partial charge is 0.224 e. The van der Waals surface area contributed by atoms with E-state index in [2.05, 4.69) is 25.8 Å². The monoisotopic (exact) mass is 346 g/mol. The van der Waals surface area contributed by atoms with Crippen molar-refractivity contribution < 1.29 is 4.79 Å². The highest BCUT2D eigenvalue weighted by molar-refractivity contribution is 5.79. The minimum atomic E-state index is 0.0803. The molecule has 1 fully saturated rings. The van der Waals surface area contributed by atoms with Crippen LogP contribution in [-0.4, -0.2) is 34.6 Å². The quantitative estimate of drug-likeness (QED) is 0.773. The largest absolute Gasteiger partial charge is 0.368 e. The van der Waals surface area contributed by atoms with Gasteiger partial charge in [-0.2, -0.15) is 0 Å². The summed E-state index contributed by atoms with van der Waals surface area (Å²) in [6.45, 7) is 1.78. The molecule has 1 aliphatic heterocycles. The van der Waals surface area contributed by atoms with Gasteiger partial charge in [-0.15, -0.1) is 0 Å². The lowest BCUT2D eigenvalue weighted by Crippen LogP contribution is -2.37. The van der Waals surface area contributed by atoms with Crippen molar-refractivity contribution in [1.82, 2.24) is 14.9 Å². The van der Waals surface area contributed by atoms with Crippen molar-refractivity contribution in [1.29, 1.82) is 0 Å². The van der Waals surface area contributed by atoms with Crippen molar-refractivity contribution in [3.05, 3.63) is 78.9 Å². The number of nitrogens with zero attached hydrogens (tertiary/aromatic N) is 3. The van der Waals surface area contributed by atoms with Gasteiger partial charge in [0.25, 0.3) is 0 Å². The number of anilines is 1. The van der Waals surface area contributed by atoms with Gasteiger partial charge in [-0.05, 0) is 48.4 Å². The van der Waals surface area contributed by atoms with Gasteiger partial charge in [0.15, 0.2) is 0 Å². The van der Waals surface area contributed by atoms with Crippen LogP contribution >= 0.6 is 0 Å². The van der Waals surface area contributed by atoms with Crippen LogP contribution in [0.4, 0.5) is 5.69 Å². The molecule has 0 aliphatic carbocycles. The summed E-state index contributed by atoms with van der Waals surface area (Å²) in [5, 5.41) is 3.16. The Morgan fingerprint density at radius 2 is 1.88 bits per heavy atom. The number of carbonyl (C=O) groups excluding carboxylic acids is 1. The lowest BCUT2D eigenvalue weighted by Gasteiger charge is -2.18. The van der Waals surface area contributed by atoms with Crippen LogP contribution in [0, 0.1) is 0 Å². The Labute approximate surface area is 153 Å². The summed E-state index contributed by atoms with van der Waals surface area (Å²) in [5.74, 6) is 0.0803. The first-order valence-electron chi connectivity index (χ1n) is 8.94. The minimum absolute atomic E-state index is 0.0803. The van der Waals surface area contributed by atoms with Gasteiger partial charge in [-0.25, -0.2) is 0 Å². The molecule has 4 rings (SSSR count). The Morgan fingerprint density at radius 3 is 2.62 bits per heavy atom. The number of carbonyl (C=O) groups is 1. The molecule has 1 amide bonds. The van der Waals surface area contributed by atoms with Crippen molar-refractivity contribution in [3.63, 3.8) is 0 Å². The Balaban J connectivity index is 1.30. The molecule has 0 unspecified atom stereocenters. The van der Waals surface area contributed by atoms with Crippen LogP contribution in [0.5, 0.6) is 0 Å². The molecule has 0 saturated carbocycles. The zero-order chi connectivity index (χ0) is 17.8. The van der Waals surface area contributed by atoms with Crippen LogP contribution < -0.4 is 10.2 Å². The van der Waals surface area contributed by atoms with Gasteiger partial charge in [-0.1, -0.05) is 12.1 Å². The summed E-state index contributed by atoms with van der Waals surface area (Å²) in [6, 6.07) is 16.3. The van der Waals surface area contributed by atoms with E-state index in [0.717, 1.165) is 36.4 Å². The van der Waals surface area contributed by atoms with E-state index in [1.165, 1.54) is 0 Å². The molecule has 0 bridgehead atoms. The van der Waals surface area contributed by atoms with E-state index in [1.54, 1.807) is 6.20 Å². The van der Waals surface area contributed by atoms with E-state index in [4.69, 9.17) is 0 Å². The number of amides is 1. The topological polar surface area (TPSA) is 50.2 Å². The summed E-state index contributed by atoms with van der Waals surface area (Å²) >= 11 is 0. The highest BCUT2D eigenvalue weighted by atomic mass is 16.1. The fourth-order valence-corrected chi connectivity index (χ4v) is 3.41. The maximum absolute atomic E-state index is 12.4. The van der Waals surface area contributed by atoms with E-state index in [9.17, 15) is 4.79 Å². The molecular weight excluding hydrogens is 324 g/mol. The van der Waals surface area contributed by atoms with E-state index >= 15 is 0 Å². The maximum atomic E-state index is 12.4. The Bertz CT molecular complexity index is 843. The fourth-order valence-electron chi connectivity index (χ4n) is 3.41. The summed E-state index contributed by atoms with van der Waals surface area (Å²) in [7, 11) is 0. The van der Waals surface area contributed by atoms with E-state index in [1.807, 2.05) is 61.1 Å². The van der Waals surface area contributed by atoms with Crippen molar-refractivity contribution in [2.45, 2.75) is 18.9 Å². The molecule has 1 saturated heterocycles. The fraction of sp³-hybridized carbons (Fsp3) is 0.238. The molecular formula is C21H22N4O. The third kappa shape index (κ3) is 3.77. The van der Waals surface area contributed by atoms with Crippen LogP contribution in [0.1, 0.15) is 12.0 Å². The number of hydrogen-bond donors (Lipinski definition) is 1. The summed E-state index contributed by atoms with van der Waals surface area (Å²) in [5.41, 5.74) is 3.24. The Kier molecular flexibility index (Phi) is 4.69. The molecule has 0 spiro atoms. The van der Waals surface area contributed by atoms with Crippen LogP contribution in [-0.2, 0) is 11.2 Å². The first-order chi connectivity index (χ1) is 12.8. The highest BCUT2D eigenvalue weighted by Crippen LogP contribution is 2.19. The highest BCUT2D eigenvalue weighted by Gasteiger charge is 2.24. The Hall–Kier alpha value is -3.08. The van der Waals surface area contributed by atoms with E-state index in [-0.39, 0.29) is 11.9 Å². The predicted octanol–water partition coefficient (Wildman–Crippen LogP) is 2.81. The number of rotatable bonds is 5. The van der Waals surface area contributed by atoms with Gasteiger partial charge < -0.3 is 14.8 Å². The molecule has 1 aromatic carbocycles. The normalized spacial score (nSPS) is 16.6. The van der Waals surface area contributed by atoms with Crippen molar-refractivity contribution >= 4 is 11.6 Å². The standard InChI is InChI=1S/C21H22N4O/c26-21(14-17-5-7-19(8-6-17)24-11-1-2-12-24)23-18-9-13-25(16-18)20-4-3-10-22-15-20/h1-8,10-12,15,18H,9,13-14,16H2,(H,23,26)/t18-/m1/s1. The Morgan fingerprint density at radius 1 is 1.08 bits per heavy atom. The number of aromatic nitrogens is 2. The number of pyridine rings is 1. The summed E-state index contributed by atoms with van der Waals surface area (Å²) in [6.07, 6.45) is 9.05. The lowest BCUT2D eigenvalue weighted by atomic mass is 10.1. The second-order valence-electron chi connectivity index (χ2n) is 6.64. The van der Waals surface area contributed by atoms with Gasteiger partial charge in [0.05, 0.1) is 18.3 Å². The van der Waals surface area contributed by atoms with E-state index < -0.39 is 0 Å². The third-order valence-electron chi connectivity index (χ3n) is 4.77. The van der Waals surface area contributed by atoms with Gasteiger partial charge >= 0.3 is 0 Å². The second-order valence-corrected chi connectivity index (χ2v) is 6.64. The zero-order valence-corrected chi connectivity index (χ0v) is 14.6. The average Bonchev–Trinajstić information content (AvgIpc) is 3.35. The van der Waals surface area contributed by atoms with Gasteiger partial charge in [0.2, 0.25) is 5.91 Å². The maximum Gasteiger partial charge on any atom is 0.224 e. The summed E-state index contributed by atoms with van der Waals surface area (Å²) in [4.78, 5) is 18.8. The number of hydrogen-bond acceptors (Lipinski definition) is 3. The zero-order valence-electron chi connectivity index (χ0n) is 14.6. The molecule has 1 N–H and O–H groups in total. The summed E-state index contributed by atoms with van der Waals surface area (Å²) < 4.78 is 2.05. The number of nitrogens with one attached hydrogen (secondary N) is 1. The average molecular weight is 346 g/mol. The van der Waals surface area contributed by atoms with Crippen LogP contribution in [0.2, 0.25) is 0 Å². The van der Waals surface area contributed by atoms with Crippen LogP contribution in [0.15, 0.2) is 73.3 Å². The van der Waals surface area contributed by atoms with Crippen molar-refractivity contribution in [3.8, 4) is 5.69 Å². The molecule has 1 aliphatic rings. The first-order valence-corrected chi connectivity index (χ1v) is 8.94. The molecule has 3 heterocycles. The molecule has 5 heteroatoms. The minimum Gasteiger partial charge on any atom is -0.368 e. The molecule has 3 aromatic rings. The van der Waals surface area contributed by atoms with Crippen LogP contribution in [0.25, 0.3) is 5.69 Å². The molecule has 5 nitrogen and oxygen atoms in total. The van der Waals surface area contributed by atoms with Crippen LogP contribution in [0.3, 0.4) is 0 Å². The second kappa shape index (κ2) is 7.44. The van der Waals surface area contributed by atoms with Crippen molar-refractivity contribution in [2.24, 2.45) is 0 Å². The van der Waals surface area contributed by atoms with Gasteiger partial charge in [-0.3, -0.25) is 9.78 Å². The SMILES string of the molecule is O=C(Cc1ccc(-n2cccc2)cc1)N[C@@H]1CCN(c2cccnc2)C1. The predicted molar refractivity (Wildman–Crippen MR) is 102 cm³/mol. The first kappa shape index (κ1) is 16.4. The molecule has 2 aromatic heterocycles. The molecule has 1 atom stereocenters. The molecule has 26 heavy (non-hydrogen) atoms. The van der Waals surface area contributed by atoms with Crippen molar-refractivity contribution in [2.75, 3.05) is 18.0 Å². The molecule has 0 radical (unpaired) electrons. The lowest BCUT2D eigenvalue weighted by molar-refractivity contribution is -0.121.